The van der Waals surface area contributed by atoms with Crippen LogP contribution in [0.5, 0.6) is 0 Å². The number of nitrogens with one attached hydrogen (secondary N) is 2. The number of carbonyl (C=O) groups excluding carboxylic acids is 1. The summed E-state index contributed by atoms with van der Waals surface area (Å²) < 4.78 is 39.0. The molecule has 2 aromatic rings. The maximum atomic E-state index is 13.0. The van der Waals surface area contributed by atoms with Crippen LogP contribution in [-0.2, 0) is 11.0 Å². The van der Waals surface area contributed by atoms with Gasteiger partial charge in [-0.1, -0.05) is 12.8 Å². The molecule has 0 unspecified atom stereocenters. The highest BCUT2D eigenvalue weighted by atomic mass is 19.4. The van der Waals surface area contributed by atoms with Gasteiger partial charge in [0.15, 0.2) is 11.5 Å². The minimum absolute atomic E-state index is 0.0355. The number of H-pyrrole nitrogens is 1. The van der Waals surface area contributed by atoms with E-state index in [2.05, 4.69) is 25.3 Å². The van der Waals surface area contributed by atoms with Crippen LogP contribution in [0, 0.1) is 5.92 Å². The van der Waals surface area contributed by atoms with Crippen molar-refractivity contribution in [1.82, 2.24) is 24.8 Å². The summed E-state index contributed by atoms with van der Waals surface area (Å²) >= 11 is 0. The summed E-state index contributed by atoms with van der Waals surface area (Å²) in [6.45, 7) is 1.08. The van der Waals surface area contributed by atoms with E-state index >= 15 is 0 Å². The summed E-state index contributed by atoms with van der Waals surface area (Å²) in [5.41, 5.74) is 0.297. The van der Waals surface area contributed by atoms with Crippen LogP contribution >= 0.6 is 0 Å². The van der Waals surface area contributed by atoms with E-state index in [-0.39, 0.29) is 29.3 Å². The molecule has 2 fully saturated rings. The molecule has 3 heterocycles. The molecular weight excluding hydrogens is 349 g/mol. The Kier molecular flexibility index (Phi) is 4.20. The molecule has 1 amide bonds. The maximum Gasteiger partial charge on any atom is 0.451 e. The molecule has 0 aromatic carbocycles. The smallest absolute Gasteiger partial charge is 0.364 e. The number of hydrogen-bond donors (Lipinski definition) is 2. The van der Waals surface area contributed by atoms with E-state index in [9.17, 15) is 18.0 Å². The molecule has 2 N–H and O–H groups in total. The molecule has 2 aliphatic rings. The van der Waals surface area contributed by atoms with Gasteiger partial charge in [0.25, 0.3) is 0 Å². The molecule has 1 saturated carbocycles. The van der Waals surface area contributed by atoms with Crippen molar-refractivity contribution in [2.45, 2.75) is 44.3 Å². The average molecular weight is 368 g/mol. The zero-order valence-corrected chi connectivity index (χ0v) is 14.0. The third-order valence-electron chi connectivity index (χ3n) is 5.08. The van der Waals surface area contributed by atoms with Crippen molar-refractivity contribution < 1.29 is 18.0 Å². The monoisotopic (exact) mass is 368 g/mol. The molecular formula is C16H19F3N6O. The summed E-state index contributed by atoms with van der Waals surface area (Å²) in [7, 11) is 0. The predicted molar refractivity (Wildman–Crippen MR) is 87.3 cm³/mol. The topological polar surface area (TPSA) is 86.8 Å². The quantitative estimate of drug-likeness (QED) is 0.870. The standard InChI is InChI=1S/C16H19F3N6O/c17-16(18,19)15-23-12-11(20-8-21-12)13(24-15)22-10-5-6-25(7-10)14(26)9-3-1-2-4-9/h8-10H,1-7H2,(H2,20,21,22,23,24)/t10-/m0/s1. The minimum Gasteiger partial charge on any atom is -0.364 e. The molecule has 1 atom stereocenters. The number of aromatic amines is 1. The Morgan fingerprint density at radius 1 is 1.23 bits per heavy atom. The van der Waals surface area contributed by atoms with E-state index in [4.69, 9.17) is 0 Å². The fourth-order valence-electron chi connectivity index (χ4n) is 3.77. The van der Waals surface area contributed by atoms with E-state index in [1.165, 1.54) is 6.33 Å². The molecule has 0 spiro atoms. The predicted octanol–water partition coefficient (Wildman–Crippen LogP) is 2.57. The van der Waals surface area contributed by atoms with Crippen molar-refractivity contribution in [1.29, 1.82) is 0 Å². The van der Waals surface area contributed by atoms with Crippen LogP contribution in [0.15, 0.2) is 6.33 Å². The zero-order valence-electron chi connectivity index (χ0n) is 14.0. The highest BCUT2D eigenvalue weighted by molar-refractivity contribution is 5.83. The van der Waals surface area contributed by atoms with Gasteiger partial charge in [0.05, 0.1) is 6.33 Å². The molecule has 2 aromatic heterocycles. The van der Waals surface area contributed by atoms with Crippen molar-refractivity contribution in [3.05, 3.63) is 12.2 Å². The van der Waals surface area contributed by atoms with Gasteiger partial charge >= 0.3 is 6.18 Å². The lowest BCUT2D eigenvalue weighted by Crippen LogP contribution is -2.35. The molecule has 7 nitrogen and oxygen atoms in total. The molecule has 1 aliphatic carbocycles. The van der Waals surface area contributed by atoms with Gasteiger partial charge in [0, 0.05) is 25.0 Å². The molecule has 0 radical (unpaired) electrons. The van der Waals surface area contributed by atoms with Gasteiger partial charge in [0.2, 0.25) is 11.7 Å². The van der Waals surface area contributed by atoms with E-state index in [0.29, 0.717) is 25.0 Å². The summed E-state index contributed by atoms with van der Waals surface area (Å²) in [6, 6.07) is -0.150. The fraction of sp³-hybridized carbons (Fsp3) is 0.625. The van der Waals surface area contributed by atoms with Gasteiger partial charge in [-0.15, -0.1) is 0 Å². The Labute approximate surface area is 147 Å². The lowest BCUT2D eigenvalue weighted by Gasteiger charge is -2.21. The van der Waals surface area contributed by atoms with Crippen LogP contribution in [-0.4, -0.2) is 49.9 Å². The van der Waals surface area contributed by atoms with Crippen molar-refractivity contribution in [3.8, 4) is 0 Å². The highest BCUT2D eigenvalue weighted by Crippen LogP contribution is 2.31. The summed E-state index contributed by atoms with van der Waals surface area (Å²) in [5, 5.41) is 3.04. The highest BCUT2D eigenvalue weighted by Gasteiger charge is 2.37. The van der Waals surface area contributed by atoms with Crippen LogP contribution in [0.4, 0.5) is 19.0 Å². The van der Waals surface area contributed by atoms with E-state index < -0.39 is 12.0 Å². The Morgan fingerprint density at radius 3 is 2.73 bits per heavy atom. The Morgan fingerprint density at radius 2 is 2.00 bits per heavy atom. The second kappa shape index (κ2) is 6.40. The molecule has 0 bridgehead atoms. The minimum atomic E-state index is -4.65. The first-order valence-electron chi connectivity index (χ1n) is 8.75. The average Bonchev–Trinajstić information content (AvgIpc) is 3.34. The number of alkyl halides is 3. The van der Waals surface area contributed by atoms with Gasteiger partial charge in [-0.25, -0.2) is 15.0 Å². The maximum absolute atomic E-state index is 13.0. The summed E-state index contributed by atoms with van der Waals surface area (Å²) in [6.07, 6.45) is 1.35. The Bertz CT molecular complexity index is 814. The van der Waals surface area contributed by atoms with Gasteiger partial charge in [-0.05, 0) is 19.3 Å². The normalized spacial score (nSPS) is 21.7. The van der Waals surface area contributed by atoms with Crippen LogP contribution in [0.1, 0.15) is 37.9 Å². The second-order valence-electron chi connectivity index (χ2n) is 6.89. The molecule has 1 saturated heterocycles. The first-order valence-corrected chi connectivity index (χ1v) is 8.75. The number of carbonyl (C=O) groups is 1. The van der Waals surface area contributed by atoms with Crippen molar-refractivity contribution in [3.63, 3.8) is 0 Å². The molecule has 4 rings (SSSR count). The number of hydrogen-bond acceptors (Lipinski definition) is 5. The number of anilines is 1. The number of amides is 1. The summed E-state index contributed by atoms with van der Waals surface area (Å²) in [5.74, 6) is -0.891. The number of nitrogens with zero attached hydrogens (tertiary/aromatic N) is 4. The summed E-state index contributed by atoms with van der Waals surface area (Å²) in [4.78, 5) is 28.0. The molecule has 140 valence electrons. The fourth-order valence-corrected chi connectivity index (χ4v) is 3.77. The largest absolute Gasteiger partial charge is 0.451 e. The van der Waals surface area contributed by atoms with E-state index in [1.807, 2.05) is 4.90 Å². The lowest BCUT2D eigenvalue weighted by atomic mass is 10.1. The van der Waals surface area contributed by atoms with Crippen LogP contribution in [0.25, 0.3) is 11.2 Å². The third kappa shape index (κ3) is 3.19. The third-order valence-corrected chi connectivity index (χ3v) is 5.08. The number of aromatic nitrogens is 4. The van der Waals surface area contributed by atoms with Crippen LogP contribution in [0.2, 0.25) is 0 Å². The van der Waals surface area contributed by atoms with Gasteiger partial charge < -0.3 is 15.2 Å². The van der Waals surface area contributed by atoms with E-state index in [1.54, 1.807) is 0 Å². The lowest BCUT2D eigenvalue weighted by molar-refractivity contribution is -0.144. The van der Waals surface area contributed by atoms with Crippen molar-refractivity contribution >= 4 is 22.9 Å². The number of likely N-dealkylation sites (tertiary alicyclic amines) is 1. The first-order chi connectivity index (χ1) is 12.4. The number of halogens is 3. The second-order valence-corrected chi connectivity index (χ2v) is 6.89. The Balaban J connectivity index is 1.51. The van der Waals surface area contributed by atoms with E-state index in [0.717, 1.165) is 25.7 Å². The number of imidazole rings is 1. The van der Waals surface area contributed by atoms with Gasteiger partial charge in [-0.3, -0.25) is 4.79 Å². The first kappa shape index (κ1) is 17.0. The van der Waals surface area contributed by atoms with Crippen molar-refractivity contribution in [2.75, 3.05) is 18.4 Å². The van der Waals surface area contributed by atoms with Crippen LogP contribution < -0.4 is 5.32 Å². The van der Waals surface area contributed by atoms with Gasteiger partial charge in [0.1, 0.15) is 5.52 Å². The van der Waals surface area contributed by atoms with Gasteiger partial charge in [-0.2, -0.15) is 13.2 Å². The zero-order chi connectivity index (χ0) is 18.3. The van der Waals surface area contributed by atoms with Crippen molar-refractivity contribution in [2.24, 2.45) is 5.92 Å². The molecule has 26 heavy (non-hydrogen) atoms. The van der Waals surface area contributed by atoms with Crippen LogP contribution in [0.3, 0.4) is 0 Å². The Hall–Kier alpha value is -2.39. The number of rotatable bonds is 3. The molecule has 1 aliphatic heterocycles. The SMILES string of the molecule is O=C(C1CCCC1)N1CC[C@H](Nc2nc(C(F)(F)F)nc3nc[nH]c23)C1. The molecule has 10 heteroatoms. The number of fused-ring (bicyclic) bond motifs is 1.